The van der Waals surface area contributed by atoms with Gasteiger partial charge in [-0.2, -0.15) is 0 Å². The highest BCUT2D eigenvalue weighted by Crippen LogP contribution is 2.35. The third-order valence-electron chi connectivity index (χ3n) is 7.27. The maximum absolute atomic E-state index is 12.4. The van der Waals surface area contributed by atoms with Crippen LogP contribution in [0.1, 0.15) is 49.1 Å². The second kappa shape index (κ2) is 13.7. The molecule has 2 aliphatic rings. The normalized spacial score (nSPS) is 22.9. The van der Waals surface area contributed by atoms with Gasteiger partial charge in [-0.1, -0.05) is 60.7 Å². The van der Waals surface area contributed by atoms with Crippen molar-refractivity contribution in [3.63, 3.8) is 0 Å². The third-order valence-corrected chi connectivity index (χ3v) is 7.27. The summed E-state index contributed by atoms with van der Waals surface area (Å²) in [5.41, 5.74) is 2.78. The summed E-state index contributed by atoms with van der Waals surface area (Å²) in [6.07, 6.45) is 6.61. The molecule has 0 bridgehead atoms. The van der Waals surface area contributed by atoms with E-state index in [2.05, 4.69) is 70.2 Å². The predicted molar refractivity (Wildman–Crippen MR) is 151 cm³/mol. The number of hydrogen-bond acceptors (Lipinski definition) is 2. The van der Waals surface area contributed by atoms with E-state index < -0.39 is 0 Å². The zero-order chi connectivity index (χ0) is 22.9. The van der Waals surface area contributed by atoms with Gasteiger partial charge in [0.25, 0.3) is 0 Å². The lowest BCUT2D eigenvalue weighted by Crippen LogP contribution is -2.42. The van der Waals surface area contributed by atoms with E-state index in [0.29, 0.717) is 24.2 Å². The Balaban J connectivity index is 0.00000324. The van der Waals surface area contributed by atoms with Crippen molar-refractivity contribution in [1.82, 2.24) is 15.5 Å². The number of halogens is 1. The van der Waals surface area contributed by atoms with Crippen LogP contribution in [-0.2, 0) is 11.2 Å². The predicted octanol–water partition coefficient (Wildman–Crippen LogP) is 4.83. The zero-order valence-electron chi connectivity index (χ0n) is 20.3. The van der Waals surface area contributed by atoms with Crippen molar-refractivity contribution < 1.29 is 4.79 Å². The second-order valence-corrected chi connectivity index (χ2v) is 9.61. The van der Waals surface area contributed by atoms with Crippen molar-refractivity contribution in [2.45, 2.75) is 44.4 Å². The van der Waals surface area contributed by atoms with Crippen LogP contribution in [0.5, 0.6) is 0 Å². The summed E-state index contributed by atoms with van der Waals surface area (Å²) in [6.45, 7) is 3.39. The minimum absolute atomic E-state index is 0. The molecule has 0 aromatic heterocycles. The van der Waals surface area contributed by atoms with Gasteiger partial charge in [0.15, 0.2) is 5.96 Å². The molecule has 1 aliphatic heterocycles. The van der Waals surface area contributed by atoms with Crippen LogP contribution in [0.2, 0.25) is 0 Å². The quantitative estimate of drug-likeness (QED) is 0.270. The Hall–Kier alpha value is -2.09. The Kier molecular flexibility index (Phi) is 10.7. The lowest BCUT2D eigenvalue weighted by atomic mass is 9.79. The number of nitrogens with zero attached hydrogens (tertiary/aromatic N) is 2. The minimum atomic E-state index is 0. The third kappa shape index (κ3) is 7.72. The molecule has 1 saturated heterocycles. The molecule has 0 radical (unpaired) electrons. The first-order valence-electron chi connectivity index (χ1n) is 12.5. The highest BCUT2D eigenvalue weighted by atomic mass is 127. The van der Waals surface area contributed by atoms with Crippen LogP contribution < -0.4 is 10.6 Å². The molecule has 6 heteroatoms. The number of hydrogen-bond donors (Lipinski definition) is 2. The van der Waals surface area contributed by atoms with Crippen LogP contribution in [0.25, 0.3) is 0 Å². The molecular weight excluding hydrogens is 535 g/mol. The van der Waals surface area contributed by atoms with Crippen LogP contribution in [0.3, 0.4) is 0 Å². The maximum atomic E-state index is 12.4. The van der Waals surface area contributed by atoms with E-state index >= 15 is 0 Å². The van der Waals surface area contributed by atoms with Gasteiger partial charge in [0.1, 0.15) is 0 Å². The number of amides is 1. The van der Waals surface area contributed by atoms with E-state index in [1.165, 1.54) is 36.8 Å². The molecule has 34 heavy (non-hydrogen) atoms. The first kappa shape index (κ1) is 26.5. The van der Waals surface area contributed by atoms with E-state index in [4.69, 9.17) is 0 Å². The number of aliphatic imine (C=N–C) groups is 1. The summed E-state index contributed by atoms with van der Waals surface area (Å²) in [4.78, 5) is 18.9. The van der Waals surface area contributed by atoms with Crippen LogP contribution in [0.15, 0.2) is 65.7 Å². The van der Waals surface area contributed by atoms with Crippen molar-refractivity contribution in [2.24, 2.45) is 16.8 Å². The number of carbonyl (C=O) groups excluding carboxylic acids is 1. The lowest BCUT2D eigenvalue weighted by molar-refractivity contribution is -0.127. The van der Waals surface area contributed by atoms with Crippen LogP contribution in [-0.4, -0.2) is 50.0 Å². The van der Waals surface area contributed by atoms with Crippen LogP contribution in [0.4, 0.5) is 0 Å². The van der Waals surface area contributed by atoms with Crippen molar-refractivity contribution in [2.75, 3.05) is 33.2 Å². The smallest absolute Gasteiger partial charge is 0.223 e. The molecule has 5 nitrogen and oxygen atoms in total. The van der Waals surface area contributed by atoms with Crippen molar-refractivity contribution >= 4 is 35.8 Å². The monoisotopic (exact) mass is 574 g/mol. The lowest BCUT2D eigenvalue weighted by Gasteiger charge is -2.29. The first-order chi connectivity index (χ1) is 16.2. The summed E-state index contributed by atoms with van der Waals surface area (Å²) in [6, 6.07) is 21.3. The van der Waals surface area contributed by atoms with Gasteiger partial charge in [-0.3, -0.25) is 9.79 Å². The molecule has 1 amide bonds. The summed E-state index contributed by atoms with van der Waals surface area (Å²) < 4.78 is 0. The Morgan fingerprint density at radius 1 is 0.912 bits per heavy atom. The molecule has 1 heterocycles. The second-order valence-electron chi connectivity index (χ2n) is 9.61. The van der Waals surface area contributed by atoms with E-state index in [9.17, 15) is 4.79 Å². The largest absolute Gasteiger partial charge is 0.356 e. The number of nitrogens with one attached hydrogen (secondary N) is 2. The average Bonchev–Trinajstić information content (AvgIpc) is 3.23. The summed E-state index contributed by atoms with van der Waals surface area (Å²) in [5.74, 6) is 2.88. The molecule has 2 aromatic carbocycles. The first-order valence-corrected chi connectivity index (χ1v) is 12.5. The number of carbonyl (C=O) groups is 1. The highest BCUT2D eigenvalue weighted by molar-refractivity contribution is 14.0. The highest BCUT2D eigenvalue weighted by Gasteiger charge is 2.29. The molecule has 1 aliphatic carbocycles. The molecule has 2 N–H and O–H groups in total. The molecule has 2 fully saturated rings. The molecule has 1 atom stereocenters. The summed E-state index contributed by atoms with van der Waals surface area (Å²) in [7, 11) is 1.83. The molecule has 1 unspecified atom stereocenters. The number of likely N-dealkylation sites (tertiary alicyclic amines) is 1. The van der Waals surface area contributed by atoms with E-state index in [-0.39, 0.29) is 29.9 Å². The van der Waals surface area contributed by atoms with E-state index in [1.807, 2.05) is 18.0 Å². The zero-order valence-corrected chi connectivity index (χ0v) is 22.6. The molecule has 4 rings (SSSR count). The van der Waals surface area contributed by atoms with Crippen molar-refractivity contribution in [3.8, 4) is 0 Å². The van der Waals surface area contributed by atoms with Crippen molar-refractivity contribution in [3.05, 3.63) is 71.8 Å². The molecular formula is C28H39IN4O. The Morgan fingerprint density at radius 2 is 1.53 bits per heavy atom. The minimum Gasteiger partial charge on any atom is -0.356 e. The van der Waals surface area contributed by atoms with Gasteiger partial charge in [0.05, 0.1) is 0 Å². The Labute approximate surface area is 221 Å². The molecule has 184 valence electrons. The number of rotatable bonds is 8. The topological polar surface area (TPSA) is 56.7 Å². The summed E-state index contributed by atoms with van der Waals surface area (Å²) in [5, 5.41) is 6.99. The Morgan fingerprint density at radius 3 is 2.18 bits per heavy atom. The SMILES string of the molecule is CN=C(NCC1CCC(c2ccccc2)CC1)NCC1CC(=O)N(CCc2ccccc2)C1.I. The van der Waals surface area contributed by atoms with Gasteiger partial charge in [0.2, 0.25) is 5.91 Å². The van der Waals surface area contributed by atoms with Gasteiger partial charge in [-0.15, -0.1) is 24.0 Å². The number of guanidine groups is 1. The average molecular weight is 575 g/mol. The van der Waals surface area contributed by atoms with E-state index in [1.54, 1.807) is 0 Å². The van der Waals surface area contributed by atoms with Crippen LogP contribution >= 0.6 is 24.0 Å². The summed E-state index contributed by atoms with van der Waals surface area (Å²) >= 11 is 0. The van der Waals surface area contributed by atoms with Gasteiger partial charge >= 0.3 is 0 Å². The van der Waals surface area contributed by atoms with Gasteiger partial charge in [0, 0.05) is 45.6 Å². The number of benzene rings is 2. The van der Waals surface area contributed by atoms with Gasteiger partial charge in [-0.25, -0.2) is 0 Å². The van der Waals surface area contributed by atoms with Crippen LogP contribution in [0, 0.1) is 11.8 Å². The molecule has 2 aromatic rings. The fourth-order valence-corrected chi connectivity index (χ4v) is 5.24. The standard InChI is InChI=1S/C28H38N4O.HI/c1-29-28(30-19-23-12-14-26(15-13-23)25-10-6-3-7-11-25)31-20-24-18-27(33)32(21-24)17-16-22-8-4-2-5-9-22;/h2-11,23-24,26H,12-21H2,1H3,(H2,29,30,31);1H. The van der Waals surface area contributed by atoms with Gasteiger partial charge in [-0.05, 0) is 55.1 Å². The molecule has 0 spiro atoms. The maximum Gasteiger partial charge on any atom is 0.223 e. The van der Waals surface area contributed by atoms with Gasteiger partial charge < -0.3 is 15.5 Å². The molecule has 1 saturated carbocycles. The fourth-order valence-electron chi connectivity index (χ4n) is 5.24. The Bertz CT molecular complexity index is 897. The van der Waals surface area contributed by atoms with E-state index in [0.717, 1.165) is 38.6 Å². The van der Waals surface area contributed by atoms with Crippen molar-refractivity contribution in [1.29, 1.82) is 0 Å². The fraction of sp³-hybridized carbons (Fsp3) is 0.500.